The van der Waals surface area contributed by atoms with Crippen molar-refractivity contribution in [3.05, 3.63) is 41.2 Å². The Morgan fingerprint density at radius 2 is 1.68 bits per heavy atom. The van der Waals surface area contributed by atoms with Gasteiger partial charge in [-0.25, -0.2) is 13.1 Å². The molecule has 1 aromatic carbocycles. The molecule has 0 saturated carbocycles. The number of likely N-dealkylation sites (tertiary alicyclic amines) is 1. The number of carbonyl (C=O) groups excluding carboxylic acids is 2. The summed E-state index contributed by atoms with van der Waals surface area (Å²) in [4.78, 5) is 31.6. The number of nitrogens with one attached hydrogen (secondary N) is 1. The van der Waals surface area contributed by atoms with Crippen molar-refractivity contribution < 1.29 is 23.1 Å². The molecule has 2 saturated heterocycles. The monoisotopic (exact) mass is 630 g/mol. The number of aliphatic hydroxyl groups excluding tert-OH is 1. The predicted octanol–water partition coefficient (Wildman–Crippen LogP) is 3.00. The Morgan fingerprint density at radius 1 is 1.07 bits per heavy atom. The number of piperazine rings is 1. The molecular weight excluding hydrogens is 580 g/mol. The third-order valence-corrected chi connectivity index (χ3v) is 11.5. The molecule has 11 nitrogen and oxygen atoms in total. The van der Waals surface area contributed by atoms with Gasteiger partial charge in [0.15, 0.2) is 0 Å². The number of unbranched alkanes of at least 4 members (excludes halogenated alkanes) is 1. The van der Waals surface area contributed by atoms with E-state index in [0.717, 1.165) is 35.5 Å². The van der Waals surface area contributed by atoms with E-state index < -0.39 is 27.7 Å². The van der Waals surface area contributed by atoms with Gasteiger partial charge in [-0.1, -0.05) is 41.0 Å². The standard InChI is InChI=1S/C32H50N6O5S/c1-8-11-18-37-30(40)28(29(39)22(4)5)33-31(41)32(37)16-19-35(20-17-32)21-27-23(6)34-38(24(27)7)25-12-14-26(15-13-25)44(42,43)36(9-2)10-3/h12-15,22,28-29,39H,8-11,16-21H2,1-7H3,(H,33,41)/t28-,29-/m1/s1. The number of aryl methyl sites for hydroxylation is 1. The predicted molar refractivity (Wildman–Crippen MR) is 170 cm³/mol. The second-order valence-corrected chi connectivity index (χ2v) is 14.4. The number of piperidine rings is 1. The zero-order valence-electron chi connectivity index (χ0n) is 27.3. The summed E-state index contributed by atoms with van der Waals surface area (Å²) in [5.74, 6) is -0.500. The van der Waals surface area contributed by atoms with E-state index in [-0.39, 0.29) is 22.6 Å². The van der Waals surface area contributed by atoms with Crippen LogP contribution in [0.3, 0.4) is 0 Å². The van der Waals surface area contributed by atoms with Crippen molar-refractivity contribution in [3.63, 3.8) is 0 Å². The zero-order valence-corrected chi connectivity index (χ0v) is 28.2. The van der Waals surface area contributed by atoms with Crippen molar-refractivity contribution in [2.75, 3.05) is 32.7 Å². The lowest BCUT2D eigenvalue weighted by atomic mass is 9.80. The molecule has 2 aliphatic heterocycles. The molecular formula is C32H50N6O5S. The molecule has 0 unspecified atom stereocenters. The molecule has 2 fully saturated rings. The zero-order chi connectivity index (χ0) is 32.4. The number of aromatic nitrogens is 2. The molecule has 2 aliphatic rings. The van der Waals surface area contributed by atoms with Crippen molar-refractivity contribution >= 4 is 21.8 Å². The molecule has 12 heteroatoms. The van der Waals surface area contributed by atoms with Crippen LogP contribution in [0.1, 0.15) is 77.3 Å². The largest absolute Gasteiger partial charge is 0.390 e. The molecule has 3 heterocycles. The van der Waals surface area contributed by atoms with E-state index in [0.29, 0.717) is 52.1 Å². The van der Waals surface area contributed by atoms with Crippen LogP contribution in [-0.4, -0.2) is 99.6 Å². The minimum Gasteiger partial charge on any atom is -0.390 e. The maximum absolute atomic E-state index is 13.6. The summed E-state index contributed by atoms with van der Waals surface area (Å²) in [5.41, 5.74) is 2.84. The highest BCUT2D eigenvalue weighted by atomic mass is 32.2. The highest BCUT2D eigenvalue weighted by Crippen LogP contribution is 2.35. The van der Waals surface area contributed by atoms with E-state index in [1.807, 2.05) is 46.2 Å². The Morgan fingerprint density at radius 3 is 2.23 bits per heavy atom. The minimum absolute atomic E-state index is 0.154. The first-order chi connectivity index (χ1) is 20.8. The number of sulfonamides is 1. The van der Waals surface area contributed by atoms with Crippen LogP contribution in [0.5, 0.6) is 0 Å². The van der Waals surface area contributed by atoms with Crippen molar-refractivity contribution in [3.8, 4) is 5.69 Å². The van der Waals surface area contributed by atoms with E-state index >= 15 is 0 Å². The molecule has 2 amide bonds. The Bertz CT molecular complexity index is 1430. The van der Waals surface area contributed by atoms with Crippen LogP contribution in [0.4, 0.5) is 0 Å². The lowest BCUT2D eigenvalue weighted by molar-refractivity contribution is -0.165. The van der Waals surface area contributed by atoms with E-state index in [2.05, 4.69) is 17.1 Å². The van der Waals surface area contributed by atoms with Gasteiger partial charge in [0.25, 0.3) is 0 Å². The van der Waals surface area contributed by atoms with Crippen LogP contribution in [0, 0.1) is 19.8 Å². The summed E-state index contributed by atoms with van der Waals surface area (Å²) in [6.45, 7) is 16.7. The first kappa shape index (κ1) is 34.1. The van der Waals surface area contributed by atoms with Gasteiger partial charge in [-0.2, -0.15) is 9.40 Å². The maximum atomic E-state index is 13.6. The summed E-state index contributed by atoms with van der Waals surface area (Å²) < 4.78 is 29.1. The van der Waals surface area contributed by atoms with Crippen LogP contribution in [0.25, 0.3) is 5.69 Å². The molecule has 2 N–H and O–H groups in total. The smallest absolute Gasteiger partial charge is 0.248 e. The second kappa shape index (κ2) is 13.7. The number of hydrogen-bond acceptors (Lipinski definition) is 7. The van der Waals surface area contributed by atoms with Crippen LogP contribution in [-0.2, 0) is 26.2 Å². The SMILES string of the molecule is CCCCN1C(=O)[C@@H]([C@H](O)C(C)C)NC(=O)C12CCN(Cc1c(C)nn(-c3ccc(S(=O)(=O)N(CC)CC)cc3)c1C)CC2. The van der Waals surface area contributed by atoms with E-state index in [9.17, 15) is 23.1 Å². The number of aliphatic hydroxyl groups is 1. The highest BCUT2D eigenvalue weighted by molar-refractivity contribution is 7.89. The van der Waals surface area contributed by atoms with Gasteiger partial charge in [-0.15, -0.1) is 0 Å². The van der Waals surface area contributed by atoms with E-state index in [1.54, 1.807) is 29.2 Å². The molecule has 2 atom stereocenters. The maximum Gasteiger partial charge on any atom is 0.248 e. The quantitative estimate of drug-likeness (QED) is 0.369. The summed E-state index contributed by atoms with van der Waals surface area (Å²) in [6.07, 6.45) is 1.82. The number of benzene rings is 1. The van der Waals surface area contributed by atoms with Crippen molar-refractivity contribution in [2.45, 2.75) is 103 Å². The van der Waals surface area contributed by atoms with Gasteiger partial charge in [0.05, 0.1) is 22.4 Å². The molecule has 4 rings (SSSR count). The van der Waals surface area contributed by atoms with Crippen LogP contribution >= 0.6 is 0 Å². The number of nitrogens with zero attached hydrogens (tertiary/aromatic N) is 5. The van der Waals surface area contributed by atoms with Gasteiger partial charge in [-0.05, 0) is 63.3 Å². The number of carbonyl (C=O) groups is 2. The highest BCUT2D eigenvalue weighted by Gasteiger charge is 2.54. The molecule has 44 heavy (non-hydrogen) atoms. The van der Waals surface area contributed by atoms with Crippen LogP contribution < -0.4 is 5.32 Å². The topological polar surface area (TPSA) is 128 Å². The third kappa shape index (κ3) is 6.31. The fraction of sp³-hybridized carbons (Fsp3) is 0.656. The Kier molecular flexibility index (Phi) is 10.6. The summed E-state index contributed by atoms with van der Waals surface area (Å²) in [7, 11) is -3.54. The third-order valence-electron chi connectivity index (χ3n) is 9.45. The molecule has 1 spiro atoms. The van der Waals surface area contributed by atoms with Gasteiger partial charge in [0.2, 0.25) is 21.8 Å². The van der Waals surface area contributed by atoms with E-state index in [1.165, 1.54) is 4.31 Å². The van der Waals surface area contributed by atoms with Gasteiger partial charge in [-0.3, -0.25) is 14.5 Å². The first-order valence-corrected chi connectivity index (χ1v) is 17.4. The fourth-order valence-electron chi connectivity index (χ4n) is 6.52. The van der Waals surface area contributed by atoms with Gasteiger partial charge >= 0.3 is 0 Å². The summed E-state index contributed by atoms with van der Waals surface area (Å²) >= 11 is 0. The summed E-state index contributed by atoms with van der Waals surface area (Å²) in [6, 6.07) is 5.93. The first-order valence-electron chi connectivity index (χ1n) is 16.0. The van der Waals surface area contributed by atoms with Gasteiger partial charge in [0.1, 0.15) is 11.6 Å². The second-order valence-electron chi connectivity index (χ2n) is 12.5. The Hall–Kier alpha value is -2.80. The number of hydrogen-bond donors (Lipinski definition) is 2. The Balaban J connectivity index is 1.50. The molecule has 1 aromatic heterocycles. The van der Waals surface area contributed by atoms with Crippen molar-refractivity contribution in [1.82, 2.24) is 29.2 Å². The van der Waals surface area contributed by atoms with E-state index in [4.69, 9.17) is 5.10 Å². The molecule has 244 valence electrons. The number of amides is 2. The molecule has 2 aromatic rings. The summed E-state index contributed by atoms with van der Waals surface area (Å²) in [5, 5.41) is 18.4. The van der Waals surface area contributed by atoms with Gasteiger partial charge in [0, 0.05) is 50.5 Å². The van der Waals surface area contributed by atoms with Crippen LogP contribution in [0.15, 0.2) is 29.2 Å². The van der Waals surface area contributed by atoms with Crippen molar-refractivity contribution in [1.29, 1.82) is 0 Å². The lowest BCUT2D eigenvalue weighted by Crippen LogP contribution is -2.74. The lowest BCUT2D eigenvalue weighted by Gasteiger charge is -2.52. The molecule has 0 radical (unpaired) electrons. The average Bonchev–Trinajstić information content (AvgIpc) is 3.28. The average molecular weight is 631 g/mol. The fourth-order valence-corrected chi connectivity index (χ4v) is 7.98. The minimum atomic E-state index is -3.54. The van der Waals surface area contributed by atoms with Gasteiger partial charge < -0.3 is 15.3 Å². The number of rotatable bonds is 12. The molecule has 0 aliphatic carbocycles. The molecule has 0 bridgehead atoms. The van der Waals surface area contributed by atoms with Crippen LogP contribution in [0.2, 0.25) is 0 Å². The Labute approximate surface area is 262 Å². The van der Waals surface area contributed by atoms with Crippen molar-refractivity contribution in [2.24, 2.45) is 5.92 Å². The normalized spacial score (nSPS) is 20.1.